The molecule has 0 aromatic heterocycles. The van der Waals surface area contributed by atoms with Crippen molar-refractivity contribution < 1.29 is 19.1 Å². The van der Waals surface area contributed by atoms with Gasteiger partial charge in [-0.1, -0.05) is 12.2 Å². The van der Waals surface area contributed by atoms with E-state index in [1.165, 1.54) is 0 Å². The Balaban J connectivity index is 0. The van der Waals surface area contributed by atoms with Gasteiger partial charge >= 0.3 is 11.9 Å². The lowest BCUT2D eigenvalue weighted by atomic mass is 10.5. The van der Waals surface area contributed by atoms with E-state index in [9.17, 15) is 9.59 Å². The highest BCUT2D eigenvalue weighted by atomic mass is 16.5. The van der Waals surface area contributed by atoms with Gasteiger partial charge in [0.2, 0.25) is 0 Å². The summed E-state index contributed by atoms with van der Waals surface area (Å²) in [6, 6.07) is 0. The monoisotopic (exact) mass is 228 g/mol. The number of carbonyl (C=O) groups is 2. The molecule has 0 N–H and O–H groups in total. The summed E-state index contributed by atoms with van der Waals surface area (Å²) in [7, 11) is 0. The van der Waals surface area contributed by atoms with Crippen LogP contribution < -0.4 is 0 Å². The lowest BCUT2D eigenvalue weighted by molar-refractivity contribution is -0.140. The molecule has 0 heterocycles. The van der Waals surface area contributed by atoms with E-state index in [-0.39, 0.29) is 0 Å². The maximum Gasteiger partial charge on any atom is 0.330 e. The van der Waals surface area contributed by atoms with E-state index in [0.29, 0.717) is 13.2 Å². The van der Waals surface area contributed by atoms with Gasteiger partial charge in [-0.15, -0.1) is 0 Å². The van der Waals surface area contributed by atoms with E-state index in [1.54, 1.807) is 13.8 Å². The summed E-state index contributed by atoms with van der Waals surface area (Å²) < 4.78 is 9.07. The molecule has 0 fully saturated rings. The van der Waals surface area contributed by atoms with E-state index in [0.717, 1.165) is 12.2 Å². The van der Waals surface area contributed by atoms with E-state index < -0.39 is 11.9 Å². The molecule has 0 aromatic rings. The standard InChI is InChI=1S/C8H12O4.C4H8/c1-3-11-7(9)5-6-8(10)12-4-2;1-3-4-2/h5-6H,3-4H2,1-2H3;3-4H,1-2H3. The lowest BCUT2D eigenvalue weighted by Crippen LogP contribution is -2.03. The Morgan fingerprint density at radius 2 is 1.19 bits per heavy atom. The van der Waals surface area contributed by atoms with E-state index >= 15 is 0 Å². The maximum absolute atomic E-state index is 10.6. The van der Waals surface area contributed by atoms with Crippen molar-refractivity contribution in [3.8, 4) is 0 Å². The minimum atomic E-state index is -0.537. The molecule has 0 aromatic carbocycles. The Labute approximate surface area is 96.9 Å². The van der Waals surface area contributed by atoms with Crippen LogP contribution in [0.2, 0.25) is 0 Å². The molecule has 0 spiro atoms. The first-order chi connectivity index (χ1) is 7.62. The Kier molecular flexibility index (Phi) is 14.1. The molecule has 92 valence electrons. The molecule has 16 heavy (non-hydrogen) atoms. The van der Waals surface area contributed by atoms with Crippen molar-refractivity contribution in [3.63, 3.8) is 0 Å². The molecule has 0 radical (unpaired) electrons. The topological polar surface area (TPSA) is 52.6 Å². The van der Waals surface area contributed by atoms with Crippen LogP contribution in [0.5, 0.6) is 0 Å². The smallest absolute Gasteiger partial charge is 0.330 e. The van der Waals surface area contributed by atoms with Gasteiger partial charge in [-0.25, -0.2) is 9.59 Å². The first-order valence-corrected chi connectivity index (χ1v) is 5.21. The van der Waals surface area contributed by atoms with Gasteiger partial charge in [-0.3, -0.25) is 0 Å². The summed E-state index contributed by atoms with van der Waals surface area (Å²) in [5, 5.41) is 0. The zero-order valence-electron chi connectivity index (χ0n) is 10.4. The summed E-state index contributed by atoms with van der Waals surface area (Å²) in [5.74, 6) is -1.07. The van der Waals surface area contributed by atoms with Crippen molar-refractivity contribution >= 4 is 11.9 Å². The van der Waals surface area contributed by atoms with Gasteiger partial charge in [0.05, 0.1) is 13.2 Å². The Bertz CT molecular complexity index is 217. The van der Waals surface area contributed by atoms with Crippen LogP contribution in [-0.4, -0.2) is 25.2 Å². The van der Waals surface area contributed by atoms with Crippen molar-refractivity contribution in [2.75, 3.05) is 13.2 Å². The third kappa shape index (κ3) is 14.9. The summed E-state index contributed by atoms with van der Waals surface area (Å²) >= 11 is 0. The van der Waals surface area contributed by atoms with Crippen LogP contribution in [0.1, 0.15) is 27.7 Å². The van der Waals surface area contributed by atoms with Crippen LogP contribution in [0.4, 0.5) is 0 Å². The quantitative estimate of drug-likeness (QED) is 0.420. The van der Waals surface area contributed by atoms with E-state index in [4.69, 9.17) is 0 Å². The molecule has 4 nitrogen and oxygen atoms in total. The van der Waals surface area contributed by atoms with Crippen molar-refractivity contribution in [1.82, 2.24) is 0 Å². The molecule has 0 amide bonds. The van der Waals surface area contributed by atoms with Gasteiger partial charge in [0.15, 0.2) is 0 Å². The zero-order valence-corrected chi connectivity index (χ0v) is 10.4. The summed E-state index contributed by atoms with van der Waals surface area (Å²) in [4.78, 5) is 21.3. The highest BCUT2D eigenvalue weighted by Crippen LogP contribution is 1.84. The number of hydrogen-bond donors (Lipinski definition) is 0. The van der Waals surface area contributed by atoms with Crippen LogP contribution in [0.15, 0.2) is 24.3 Å². The van der Waals surface area contributed by atoms with Gasteiger partial charge in [0.25, 0.3) is 0 Å². The second-order valence-corrected chi connectivity index (χ2v) is 2.50. The number of esters is 2. The average Bonchev–Trinajstić information content (AvgIpc) is 2.28. The second kappa shape index (κ2) is 13.4. The van der Waals surface area contributed by atoms with Crippen molar-refractivity contribution in [2.45, 2.75) is 27.7 Å². The number of allylic oxidation sites excluding steroid dienone is 2. The molecule has 0 atom stereocenters. The van der Waals surface area contributed by atoms with Gasteiger partial charge in [0.1, 0.15) is 0 Å². The molecule has 4 heteroatoms. The Hall–Kier alpha value is -1.58. The molecule has 0 bridgehead atoms. The predicted molar refractivity (Wildman–Crippen MR) is 62.9 cm³/mol. The molecule has 0 aliphatic carbocycles. The molecule has 0 unspecified atom stereocenters. The zero-order chi connectivity index (χ0) is 12.8. The van der Waals surface area contributed by atoms with Crippen LogP contribution in [0, 0.1) is 0 Å². The van der Waals surface area contributed by atoms with Crippen molar-refractivity contribution in [3.05, 3.63) is 24.3 Å². The fourth-order valence-corrected chi connectivity index (χ4v) is 0.517. The SMILES string of the molecule is CC=CC.CCOC(=O)C=CC(=O)OCC. The van der Waals surface area contributed by atoms with Crippen LogP contribution >= 0.6 is 0 Å². The van der Waals surface area contributed by atoms with Gasteiger partial charge in [0, 0.05) is 12.2 Å². The van der Waals surface area contributed by atoms with Crippen molar-refractivity contribution in [1.29, 1.82) is 0 Å². The third-order valence-corrected chi connectivity index (χ3v) is 1.26. The Morgan fingerprint density at radius 3 is 1.38 bits per heavy atom. The van der Waals surface area contributed by atoms with Gasteiger partial charge < -0.3 is 9.47 Å². The fourth-order valence-electron chi connectivity index (χ4n) is 0.517. The fraction of sp³-hybridized carbons (Fsp3) is 0.500. The minimum absolute atomic E-state index is 0.298. The maximum atomic E-state index is 10.6. The highest BCUT2D eigenvalue weighted by Gasteiger charge is 1.97. The van der Waals surface area contributed by atoms with Gasteiger partial charge in [-0.2, -0.15) is 0 Å². The largest absolute Gasteiger partial charge is 0.463 e. The molecule has 0 aliphatic rings. The first-order valence-electron chi connectivity index (χ1n) is 5.21. The number of ether oxygens (including phenoxy) is 2. The molecular formula is C12H20O4. The lowest BCUT2D eigenvalue weighted by Gasteiger charge is -1.95. The van der Waals surface area contributed by atoms with Crippen LogP contribution in [-0.2, 0) is 19.1 Å². The first kappa shape index (κ1) is 16.8. The molecular weight excluding hydrogens is 208 g/mol. The Morgan fingerprint density at radius 1 is 0.875 bits per heavy atom. The van der Waals surface area contributed by atoms with E-state index in [2.05, 4.69) is 9.47 Å². The molecule has 0 saturated heterocycles. The second-order valence-electron chi connectivity index (χ2n) is 2.50. The molecule has 0 saturated carbocycles. The molecule has 0 aliphatic heterocycles. The number of rotatable bonds is 4. The average molecular weight is 228 g/mol. The highest BCUT2D eigenvalue weighted by molar-refractivity contribution is 5.91. The molecule has 0 rings (SSSR count). The summed E-state index contributed by atoms with van der Waals surface area (Å²) in [5.41, 5.74) is 0. The number of hydrogen-bond acceptors (Lipinski definition) is 4. The number of carbonyl (C=O) groups excluding carboxylic acids is 2. The van der Waals surface area contributed by atoms with Crippen LogP contribution in [0.3, 0.4) is 0 Å². The third-order valence-electron chi connectivity index (χ3n) is 1.26. The normalized spacial score (nSPS) is 9.75. The summed E-state index contributed by atoms with van der Waals surface area (Å²) in [6.45, 7) is 7.98. The summed E-state index contributed by atoms with van der Waals surface area (Å²) in [6.07, 6.45) is 6.09. The van der Waals surface area contributed by atoms with Gasteiger partial charge in [-0.05, 0) is 27.7 Å². The van der Waals surface area contributed by atoms with Crippen LogP contribution in [0.25, 0.3) is 0 Å². The minimum Gasteiger partial charge on any atom is -0.463 e. The van der Waals surface area contributed by atoms with Crippen molar-refractivity contribution in [2.24, 2.45) is 0 Å². The van der Waals surface area contributed by atoms with E-state index in [1.807, 2.05) is 26.0 Å². The predicted octanol–water partition coefficient (Wildman–Crippen LogP) is 2.25.